The number of nitrogens with two attached hydrogens (primary N) is 2. The maximum Gasteiger partial charge on any atom is 0.295 e. The van der Waals surface area contributed by atoms with Crippen LogP contribution >= 0.6 is 0 Å². The highest BCUT2D eigenvalue weighted by Crippen LogP contribution is 2.35. The molecule has 0 amide bonds. The lowest BCUT2D eigenvalue weighted by Crippen LogP contribution is -2.09. The Hall–Kier alpha value is -3.34. The van der Waals surface area contributed by atoms with E-state index in [-0.39, 0.29) is 22.5 Å². The Morgan fingerprint density at radius 2 is 1.06 bits per heavy atom. The van der Waals surface area contributed by atoms with Gasteiger partial charge in [-0.25, -0.2) is 0 Å². The van der Waals surface area contributed by atoms with Gasteiger partial charge in [-0.2, -0.15) is 25.3 Å². The van der Waals surface area contributed by atoms with Crippen molar-refractivity contribution in [1.82, 2.24) is 0 Å². The summed E-state index contributed by atoms with van der Waals surface area (Å²) in [5, 5.41) is 0. The lowest BCUT2D eigenvalue weighted by molar-refractivity contribution is 0.103. The van der Waals surface area contributed by atoms with Crippen molar-refractivity contribution < 1.29 is 43.7 Å². The molecule has 0 unspecified atom stereocenters. The number of rotatable bonds is 6. The van der Waals surface area contributed by atoms with Crippen LogP contribution in [0.2, 0.25) is 0 Å². The van der Waals surface area contributed by atoms with Crippen molar-refractivity contribution in [1.29, 1.82) is 0 Å². The number of benzene rings is 3. The molecule has 0 heterocycles. The van der Waals surface area contributed by atoms with Gasteiger partial charge in [0.1, 0.15) is 9.79 Å². The number of carbonyl (C=O) groups excluding carboxylic acids is 1. The number of nitrogen functional groups attached to an aromatic ring is 2. The summed E-state index contributed by atoms with van der Waals surface area (Å²) in [6, 6.07) is 8.75. The largest absolute Gasteiger partial charge is 0.399 e. The second kappa shape index (κ2) is 8.46. The van der Waals surface area contributed by atoms with Crippen LogP contribution in [-0.4, -0.2) is 44.7 Å². The van der Waals surface area contributed by atoms with Crippen LogP contribution < -0.4 is 11.5 Å². The van der Waals surface area contributed by atoms with Gasteiger partial charge in [0, 0.05) is 33.6 Å². The van der Waals surface area contributed by atoms with Crippen molar-refractivity contribution in [2.24, 2.45) is 0 Å². The summed E-state index contributed by atoms with van der Waals surface area (Å²) < 4.78 is 99.2. The molecule has 0 aliphatic carbocycles. The average molecular weight is 529 g/mol. The number of anilines is 2. The van der Waals surface area contributed by atoms with Crippen LogP contribution in [0.4, 0.5) is 11.4 Å². The van der Waals surface area contributed by atoms with Crippen molar-refractivity contribution in [2.45, 2.75) is 14.7 Å². The van der Waals surface area contributed by atoms with Gasteiger partial charge in [0.05, 0.1) is 4.90 Å². The van der Waals surface area contributed by atoms with E-state index < -0.39 is 62.0 Å². The monoisotopic (exact) mass is 528 g/mol. The van der Waals surface area contributed by atoms with E-state index in [1.54, 1.807) is 0 Å². The summed E-state index contributed by atoms with van der Waals surface area (Å²) in [7, 11) is -15.1. The smallest absolute Gasteiger partial charge is 0.295 e. The molecule has 0 aliphatic heterocycles. The van der Waals surface area contributed by atoms with Gasteiger partial charge >= 0.3 is 0 Å². The number of hydrogen-bond acceptors (Lipinski definition) is 9. The third kappa shape index (κ3) is 5.24. The average Bonchev–Trinajstić information content (AvgIpc) is 2.69. The Labute approximate surface area is 194 Å². The van der Waals surface area contributed by atoms with E-state index in [1.165, 1.54) is 18.2 Å². The van der Waals surface area contributed by atoms with Crippen LogP contribution in [0.5, 0.6) is 0 Å². The number of hydrogen-bond donors (Lipinski definition) is 5. The fourth-order valence-electron chi connectivity index (χ4n) is 3.17. The highest BCUT2D eigenvalue weighted by atomic mass is 32.2. The summed E-state index contributed by atoms with van der Waals surface area (Å²) in [5.74, 6) is -0.729. The molecule has 7 N–H and O–H groups in total. The van der Waals surface area contributed by atoms with E-state index in [4.69, 9.17) is 11.5 Å². The number of ketones is 1. The fraction of sp³-hybridized carbons (Fsp3) is 0. The standard InChI is InChI=1S/C19H16N2O10S3/c20-12-5-11(6-13(21)8-12)19(22)10-1-3-15(17(7-10)33(26,27)28)16-4-2-14(32(23,24)25)9-18(16)34(29,30)31/h1-9H,20-21H2,(H,23,24,25)(H,26,27,28)(H,29,30,31). The molecule has 0 atom stereocenters. The maximum absolute atomic E-state index is 12.8. The summed E-state index contributed by atoms with van der Waals surface area (Å²) in [6.45, 7) is 0. The Morgan fingerprint density at radius 1 is 0.588 bits per heavy atom. The van der Waals surface area contributed by atoms with Gasteiger partial charge in [0.15, 0.2) is 5.78 Å². The summed E-state index contributed by atoms with van der Waals surface area (Å²) in [5.41, 5.74) is 10.4. The first kappa shape index (κ1) is 25.3. The first-order valence-corrected chi connectivity index (χ1v) is 13.2. The minimum absolute atomic E-state index is 0.00247. The van der Waals surface area contributed by atoms with Crippen LogP contribution in [-0.2, 0) is 30.4 Å². The van der Waals surface area contributed by atoms with Gasteiger partial charge in [-0.1, -0.05) is 18.2 Å². The predicted octanol–water partition coefficient (Wildman–Crippen LogP) is 1.49. The Bertz CT molecular complexity index is 1640. The maximum atomic E-state index is 12.8. The first-order chi connectivity index (χ1) is 15.5. The lowest BCUT2D eigenvalue weighted by Gasteiger charge is -2.13. The van der Waals surface area contributed by atoms with Crippen molar-refractivity contribution >= 4 is 47.5 Å². The van der Waals surface area contributed by atoms with E-state index >= 15 is 0 Å². The third-order valence-corrected chi connectivity index (χ3v) is 7.22. The highest BCUT2D eigenvalue weighted by molar-refractivity contribution is 7.87. The minimum Gasteiger partial charge on any atom is -0.399 e. The fourth-order valence-corrected chi connectivity index (χ4v) is 5.22. The molecule has 3 aromatic rings. The topological polar surface area (TPSA) is 232 Å². The van der Waals surface area contributed by atoms with Gasteiger partial charge in [0.25, 0.3) is 30.4 Å². The first-order valence-electron chi connectivity index (χ1n) is 8.90. The molecule has 0 bridgehead atoms. The summed E-state index contributed by atoms with van der Waals surface area (Å²) >= 11 is 0. The summed E-state index contributed by atoms with van der Waals surface area (Å²) in [4.78, 5) is 9.95. The molecular formula is C19H16N2O10S3. The zero-order chi connectivity index (χ0) is 25.6. The lowest BCUT2D eigenvalue weighted by atomic mass is 9.98. The summed E-state index contributed by atoms with van der Waals surface area (Å²) in [6.07, 6.45) is 0. The molecular weight excluding hydrogens is 512 g/mol. The molecule has 0 saturated heterocycles. The molecule has 3 rings (SSSR count). The van der Waals surface area contributed by atoms with Crippen LogP contribution in [0, 0.1) is 0 Å². The van der Waals surface area contributed by atoms with Crippen molar-refractivity contribution in [3.8, 4) is 11.1 Å². The van der Waals surface area contributed by atoms with Crippen molar-refractivity contribution in [2.75, 3.05) is 11.5 Å². The van der Waals surface area contributed by atoms with Crippen LogP contribution in [0.25, 0.3) is 11.1 Å². The Balaban J connectivity index is 2.30. The van der Waals surface area contributed by atoms with Crippen LogP contribution in [0.3, 0.4) is 0 Å². The highest BCUT2D eigenvalue weighted by Gasteiger charge is 2.26. The van der Waals surface area contributed by atoms with E-state index in [9.17, 15) is 43.7 Å². The van der Waals surface area contributed by atoms with Gasteiger partial charge in [-0.05, 0) is 36.4 Å². The van der Waals surface area contributed by atoms with Gasteiger partial charge in [-0.3, -0.25) is 18.5 Å². The molecule has 0 fully saturated rings. The SMILES string of the molecule is Nc1cc(N)cc(C(=O)c2ccc(-c3ccc(S(=O)(=O)O)cc3S(=O)(=O)O)c(S(=O)(=O)O)c2)c1. The minimum atomic E-state index is -5.15. The molecule has 0 aliphatic rings. The van der Waals surface area contributed by atoms with Crippen molar-refractivity contribution in [3.63, 3.8) is 0 Å². The predicted molar refractivity (Wildman–Crippen MR) is 120 cm³/mol. The van der Waals surface area contributed by atoms with Gasteiger partial charge in [-0.15, -0.1) is 0 Å². The molecule has 15 heteroatoms. The van der Waals surface area contributed by atoms with E-state index in [0.29, 0.717) is 6.07 Å². The normalized spacial score (nSPS) is 12.4. The molecule has 180 valence electrons. The van der Waals surface area contributed by atoms with Crippen LogP contribution in [0.15, 0.2) is 69.3 Å². The Morgan fingerprint density at radius 3 is 1.53 bits per heavy atom. The zero-order valence-electron chi connectivity index (χ0n) is 16.8. The Kier molecular flexibility index (Phi) is 6.29. The van der Waals surface area contributed by atoms with Gasteiger partial charge in [0.2, 0.25) is 0 Å². The van der Waals surface area contributed by atoms with Gasteiger partial charge < -0.3 is 11.5 Å². The van der Waals surface area contributed by atoms with Crippen molar-refractivity contribution in [3.05, 3.63) is 65.7 Å². The molecule has 34 heavy (non-hydrogen) atoms. The molecule has 0 radical (unpaired) electrons. The molecule has 0 aromatic heterocycles. The quantitative estimate of drug-likeness (QED) is 0.174. The zero-order valence-corrected chi connectivity index (χ0v) is 19.2. The second-order valence-corrected chi connectivity index (χ2v) is 11.2. The van der Waals surface area contributed by atoms with E-state index in [1.807, 2.05) is 0 Å². The number of carbonyl (C=O) groups is 1. The van der Waals surface area contributed by atoms with Crippen LogP contribution in [0.1, 0.15) is 15.9 Å². The molecule has 0 saturated carbocycles. The van der Waals surface area contributed by atoms with E-state index in [2.05, 4.69) is 0 Å². The molecule has 12 nitrogen and oxygen atoms in total. The second-order valence-electron chi connectivity index (χ2n) is 7.01. The third-order valence-electron chi connectivity index (χ3n) is 4.58. The van der Waals surface area contributed by atoms with E-state index in [0.717, 1.165) is 30.3 Å². The molecule has 3 aromatic carbocycles. The molecule has 0 spiro atoms.